The van der Waals surface area contributed by atoms with Crippen molar-refractivity contribution in [1.29, 1.82) is 0 Å². The summed E-state index contributed by atoms with van der Waals surface area (Å²) in [5.41, 5.74) is 6.95. The Morgan fingerprint density at radius 1 is 1.29 bits per heavy atom. The highest BCUT2D eigenvalue weighted by molar-refractivity contribution is 5.85. The minimum atomic E-state index is -0.445. The molecule has 1 aromatic carbocycles. The second-order valence-corrected chi connectivity index (χ2v) is 6.28. The Morgan fingerprint density at radius 2 is 1.92 bits per heavy atom. The topological polar surface area (TPSA) is 67.6 Å². The number of nitrogens with two attached hydrogens (primary N) is 1. The Bertz CT molecular complexity index is 466. The Balaban J connectivity index is 0.00000529. The van der Waals surface area contributed by atoms with E-state index in [2.05, 4.69) is 24.3 Å². The second-order valence-electron chi connectivity index (χ2n) is 6.28. The molecular weight excluding hydrogens is 326 g/mol. The number of carbonyl (C=O) groups excluding carboxylic acids is 1. The van der Waals surface area contributed by atoms with Gasteiger partial charge < -0.3 is 20.7 Å². The van der Waals surface area contributed by atoms with Crippen molar-refractivity contribution in [2.75, 3.05) is 27.2 Å². The number of carbonyl (C=O) groups is 1. The molecule has 24 heavy (non-hydrogen) atoms. The zero-order valence-corrected chi connectivity index (χ0v) is 16.1. The zero-order chi connectivity index (χ0) is 17.2. The molecule has 1 amide bonds. The maximum atomic E-state index is 11.9. The maximum Gasteiger partial charge on any atom is 0.237 e. The maximum absolute atomic E-state index is 11.9. The van der Waals surface area contributed by atoms with E-state index in [1.807, 2.05) is 38.1 Å². The number of amides is 1. The monoisotopic (exact) mass is 357 g/mol. The summed E-state index contributed by atoms with van der Waals surface area (Å²) in [7, 11) is 4.10. The summed E-state index contributed by atoms with van der Waals surface area (Å²) in [6.45, 7) is 6.24. The molecule has 0 aliphatic rings. The van der Waals surface area contributed by atoms with E-state index in [1.54, 1.807) is 0 Å². The van der Waals surface area contributed by atoms with Gasteiger partial charge in [-0.3, -0.25) is 4.79 Å². The molecule has 1 rings (SSSR count). The standard InChI is InChI=1S/C18H31N3O2.ClH/c1-5-14(2)17(19)18(22)20-13-15-7-9-16(10-8-15)23-12-6-11-21(3)4;/h7-10,14,17H,5-6,11-13,19H2,1-4H3,(H,20,22);1H. The van der Waals surface area contributed by atoms with Crippen LogP contribution in [0.1, 0.15) is 32.3 Å². The normalized spacial score (nSPS) is 13.1. The molecule has 1 aromatic rings. The predicted octanol–water partition coefficient (Wildman–Crippen LogP) is 2.43. The Kier molecular flexibility index (Phi) is 11.5. The second kappa shape index (κ2) is 12.1. The molecule has 2 unspecified atom stereocenters. The van der Waals surface area contributed by atoms with Gasteiger partial charge in [0, 0.05) is 13.1 Å². The third-order valence-corrected chi connectivity index (χ3v) is 3.97. The number of rotatable bonds is 10. The Labute approximate surface area is 152 Å². The fraction of sp³-hybridized carbons (Fsp3) is 0.611. The molecule has 0 spiro atoms. The molecule has 6 heteroatoms. The van der Waals surface area contributed by atoms with Crippen molar-refractivity contribution in [2.45, 2.75) is 39.3 Å². The third-order valence-electron chi connectivity index (χ3n) is 3.97. The molecule has 0 aliphatic carbocycles. The number of hydrogen-bond donors (Lipinski definition) is 2. The molecular formula is C18H32ClN3O2. The van der Waals surface area contributed by atoms with Crippen LogP contribution in [-0.2, 0) is 11.3 Å². The zero-order valence-electron chi connectivity index (χ0n) is 15.2. The highest BCUT2D eigenvalue weighted by Crippen LogP contribution is 2.13. The highest BCUT2D eigenvalue weighted by Gasteiger charge is 2.18. The Hall–Kier alpha value is -1.30. The largest absolute Gasteiger partial charge is 0.494 e. The lowest BCUT2D eigenvalue weighted by Gasteiger charge is -2.17. The first-order valence-corrected chi connectivity index (χ1v) is 8.33. The summed E-state index contributed by atoms with van der Waals surface area (Å²) in [5.74, 6) is 0.950. The van der Waals surface area contributed by atoms with Gasteiger partial charge >= 0.3 is 0 Å². The van der Waals surface area contributed by atoms with Gasteiger partial charge in [0.05, 0.1) is 12.6 Å². The average Bonchev–Trinajstić information content (AvgIpc) is 2.56. The van der Waals surface area contributed by atoms with Crippen molar-refractivity contribution in [3.05, 3.63) is 29.8 Å². The first-order valence-electron chi connectivity index (χ1n) is 8.33. The number of benzene rings is 1. The summed E-state index contributed by atoms with van der Waals surface area (Å²) < 4.78 is 5.69. The van der Waals surface area contributed by atoms with Gasteiger partial charge in [-0.1, -0.05) is 32.4 Å². The molecule has 2 atom stereocenters. The van der Waals surface area contributed by atoms with E-state index >= 15 is 0 Å². The molecule has 0 heterocycles. The molecule has 0 saturated carbocycles. The molecule has 0 radical (unpaired) electrons. The van der Waals surface area contributed by atoms with Crippen molar-refractivity contribution in [3.63, 3.8) is 0 Å². The number of nitrogens with one attached hydrogen (secondary N) is 1. The SMILES string of the molecule is CCC(C)C(N)C(=O)NCc1ccc(OCCCN(C)C)cc1.Cl. The van der Waals surface area contributed by atoms with Crippen LogP contribution in [0, 0.1) is 5.92 Å². The van der Waals surface area contributed by atoms with Crippen molar-refractivity contribution in [3.8, 4) is 5.75 Å². The smallest absolute Gasteiger partial charge is 0.237 e. The quantitative estimate of drug-likeness (QED) is 0.631. The number of nitrogens with zero attached hydrogens (tertiary/aromatic N) is 1. The average molecular weight is 358 g/mol. The van der Waals surface area contributed by atoms with E-state index in [0.717, 1.165) is 30.7 Å². The van der Waals surface area contributed by atoms with E-state index in [0.29, 0.717) is 13.2 Å². The minimum absolute atomic E-state index is 0. The fourth-order valence-electron chi connectivity index (χ4n) is 2.09. The summed E-state index contributed by atoms with van der Waals surface area (Å²) >= 11 is 0. The van der Waals surface area contributed by atoms with Crippen LogP contribution in [0.5, 0.6) is 5.75 Å². The van der Waals surface area contributed by atoms with Crippen LogP contribution in [0.4, 0.5) is 0 Å². The van der Waals surface area contributed by atoms with Gasteiger partial charge in [0.25, 0.3) is 0 Å². The van der Waals surface area contributed by atoms with Crippen molar-refractivity contribution in [2.24, 2.45) is 11.7 Å². The van der Waals surface area contributed by atoms with Crippen LogP contribution < -0.4 is 15.8 Å². The van der Waals surface area contributed by atoms with Gasteiger partial charge in [-0.2, -0.15) is 0 Å². The molecule has 0 saturated heterocycles. The molecule has 0 fully saturated rings. The molecule has 3 N–H and O–H groups in total. The van der Waals surface area contributed by atoms with Crippen LogP contribution in [0.25, 0.3) is 0 Å². The van der Waals surface area contributed by atoms with E-state index in [1.165, 1.54) is 0 Å². The van der Waals surface area contributed by atoms with Gasteiger partial charge in [-0.05, 0) is 44.1 Å². The highest BCUT2D eigenvalue weighted by atomic mass is 35.5. The summed E-state index contributed by atoms with van der Waals surface area (Å²) in [5, 5.41) is 2.89. The van der Waals surface area contributed by atoms with E-state index < -0.39 is 6.04 Å². The summed E-state index contributed by atoms with van der Waals surface area (Å²) in [4.78, 5) is 14.1. The van der Waals surface area contributed by atoms with E-state index in [4.69, 9.17) is 10.5 Å². The third kappa shape index (κ3) is 8.52. The van der Waals surface area contributed by atoms with Crippen LogP contribution in [0.15, 0.2) is 24.3 Å². The number of halogens is 1. The van der Waals surface area contributed by atoms with Gasteiger partial charge in [-0.25, -0.2) is 0 Å². The van der Waals surface area contributed by atoms with Crippen molar-refractivity contribution < 1.29 is 9.53 Å². The first kappa shape index (κ1) is 22.7. The lowest BCUT2D eigenvalue weighted by Crippen LogP contribution is -2.44. The number of ether oxygens (including phenoxy) is 1. The van der Waals surface area contributed by atoms with Crippen molar-refractivity contribution >= 4 is 18.3 Å². The lowest BCUT2D eigenvalue weighted by molar-refractivity contribution is -0.123. The Morgan fingerprint density at radius 3 is 2.46 bits per heavy atom. The van der Waals surface area contributed by atoms with E-state index in [9.17, 15) is 4.79 Å². The minimum Gasteiger partial charge on any atom is -0.494 e. The van der Waals surface area contributed by atoms with Gasteiger partial charge in [0.2, 0.25) is 5.91 Å². The predicted molar refractivity (Wildman–Crippen MR) is 102 cm³/mol. The van der Waals surface area contributed by atoms with Crippen LogP contribution >= 0.6 is 12.4 Å². The molecule has 0 aromatic heterocycles. The molecule has 0 bridgehead atoms. The van der Waals surface area contributed by atoms with Crippen LogP contribution in [0.3, 0.4) is 0 Å². The molecule has 0 aliphatic heterocycles. The van der Waals surface area contributed by atoms with Gasteiger partial charge in [0.1, 0.15) is 5.75 Å². The van der Waals surface area contributed by atoms with Crippen LogP contribution in [-0.4, -0.2) is 44.1 Å². The molecule has 5 nitrogen and oxygen atoms in total. The van der Waals surface area contributed by atoms with Gasteiger partial charge in [0.15, 0.2) is 0 Å². The summed E-state index contributed by atoms with van der Waals surface area (Å²) in [6, 6.07) is 7.36. The first-order chi connectivity index (χ1) is 10.9. The van der Waals surface area contributed by atoms with Crippen LogP contribution in [0.2, 0.25) is 0 Å². The number of hydrogen-bond acceptors (Lipinski definition) is 4. The molecule has 138 valence electrons. The van der Waals surface area contributed by atoms with Gasteiger partial charge in [-0.15, -0.1) is 12.4 Å². The van der Waals surface area contributed by atoms with Crippen molar-refractivity contribution in [1.82, 2.24) is 10.2 Å². The lowest BCUT2D eigenvalue weighted by atomic mass is 9.99. The fourth-order valence-corrected chi connectivity index (χ4v) is 2.09. The summed E-state index contributed by atoms with van der Waals surface area (Å²) in [6.07, 6.45) is 1.90. The van der Waals surface area contributed by atoms with E-state index in [-0.39, 0.29) is 24.2 Å².